The second-order valence-electron chi connectivity index (χ2n) is 2.94. The molecule has 0 saturated heterocycles. The van der Waals surface area contributed by atoms with Crippen LogP contribution in [0.15, 0.2) is 28.8 Å². The second kappa shape index (κ2) is 6.35. The summed E-state index contributed by atoms with van der Waals surface area (Å²) in [6, 6.07) is 0. The van der Waals surface area contributed by atoms with Crippen LogP contribution in [-0.2, 0) is 4.79 Å². The van der Waals surface area contributed by atoms with E-state index in [9.17, 15) is 4.79 Å². The highest BCUT2D eigenvalue weighted by molar-refractivity contribution is 5.91. The number of allylic oxidation sites excluding steroid dienone is 3. The summed E-state index contributed by atoms with van der Waals surface area (Å²) in [6.45, 7) is 9.21. The Kier molecular flexibility index (Phi) is 5.77. The highest BCUT2D eigenvalue weighted by Gasteiger charge is 1.96. The van der Waals surface area contributed by atoms with E-state index in [1.165, 1.54) is 6.92 Å². The van der Waals surface area contributed by atoms with Gasteiger partial charge in [0.05, 0.1) is 0 Å². The summed E-state index contributed by atoms with van der Waals surface area (Å²) >= 11 is 0. The molecule has 0 N–H and O–H groups in total. The molecule has 0 bridgehead atoms. The molecule has 1 amide bonds. The minimum Gasteiger partial charge on any atom is -0.273 e. The largest absolute Gasteiger partial charge is 0.273 e. The van der Waals surface area contributed by atoms with Gasteiger partial charge in [0, 0.05) is 13.1 Å². The first-order chi connectivity index (χ1) is 6.11. The van der Waals surface area contributed by atoms with Crippen LogP contribution in [0.3, 0.4) is 0 Å². The normalized spacial score (nSPS) is 12.8. The van der Waals surface area contributed by atoms with Gasteiger partial charge in [-0.3, -0.25) is 4.79 Å². The molecule has 0 aromatic rings. The first kappa shape index (κ1) is 11.8. The maximum atomic E-state index is 10.6. The summed E-state index contributed by atoms with van der Waals surface area (Å²) in [7, 11) is 0. The van der Waals surface area contributed by atoms with Gasteiger partial charge >= 0.3 is 0 Å². The standard InChI is InChI=1S/C11H17NO/c1-5-7-11(9(3)6-2)8-12-10(4)13/h6,8H,2,5,7H2,1,3-4H3/b11-9-,12-8-. The van der Waals surface area contributed by atoms with E-state index in [0.717, 1.165) is 24.0 Å². The fourth-order valence-corrected chi connectivity index (χ4v) is 0.933. The van der Waals surface area contributed by atoms with Gasteiger partial charge in [-0.2, -0.15) is 0 Å². The smallest absolute Gasteiger partial charge is 0.242 e. The first-order valence-corrected chi connectivity index (χ1v) is 4.48. The number of hydrogen-bond donors (Lipinski definition) is 0. The molecule has 0 aromatic carbocycles. The van der Waals surface area contributed by atoms with E-state index >= 15 is 0 Å². The fourth-order valence-electron chi connectivity index (χ4n) is 0.933. The van der Waals surface area contributed by atoms with Gasteiger partial charge < -0.3 is 0 Å². The third kappa shape index (κ3) is 5.12. The van der Waals surface area contributed by atoms with Gasteiger partial charge in [-0.05, 0) is 24.5 Å². The molecule has 0 fully saturated rings. The average Bonchev–Trinajstić information content (AvgIpc) is 2.10. The SMILES string of the molecule is C=C/C(C)=C(\C=N/C(C)=O)CCC. The van der Waals surface area contributed by atoms with Crippen molar-refractivity contribution in [3.05, 3.63) is 23.8 Å². The van der Waals surface area contributed by atoms with Gasteiger partial charge in [0.15, 0.2) is 0 Å². The lowest BCUT2D eigenvalue weighted by molar-refractivity contribution is -0.115. The van der Waals surface area contributed by atoms with Gasteiger partial charge in [0.2, 0.25) is 5.91 Å². The van der Waals surface area contributed by atoms with E-state index in [4.69, 9.17) is 0 Å². The second-order valence-corrected chi connectivity index (χ2v) is 2.94. The minimum absolute atomic E-state index is 0.162. The molecule has 0 spiro atoms. The molecule has 2 heteroatoms. The van der Waals surface area contributed by atoms with E-state index < -0.39 is 0 Å². The molecule has 72 valence electrons. The topological polar surface area (TPSA) is 29.4 Å². The molecule has 13 heavy (non-hydrogen) atoms. The Morgan fingerprint density at radius 1 is 1.46 bits per heavy atom. The van der Waals surface area contributed by atoms with Crippen molar-refractivity contribution in [2.75, 3.05) is 0 Å². The zero-order valence-corrected chi connectivity index (χ0v) is 8.63. The fraction of sp³-hybridized carbons (Fsp3) is 0.455. The quantitative estimate of drug-likeness (QED) is 0.482. The summed E-state index contributed by atoms with van der Waals surface area (Å²) in [5.74, 6) is -0.162. The Balaban J connectivity index is 4.61. The molecule has 0 saturated carbocycles. The highest BCUT2D eigenvalue weighted by Crippen LogP contribution is 2.09. The molecule has 0 radical (unpaired) electrons. The maximum Gasteiger partial charge on any atom is 0.242 e. The molecule has 0 atom stereocenters. The summed E-state index contributed by atoms with van der Waals surface area (Å²) in [5, 5.41) is 0. The Morgan fingerprint density at radius 2 is 2.08 bits per heavy atom. The molecule has 0 aliphatic rings. The highest BCUT2D eigenvalue weighted by atomic mass is 16.1. The Morgan fingerprint density at radius 3 is 2.46 bits per heavy atom. The number of amides is 1. The molecule has 0 rings (SSSR count). The lowest BCUT2D eigenvalue weighted by Gasteiger charge is -2.01. The van der Waals surface area contributed by atoms with Crippen LogP contribution in [0.2, 0.25) is 0 Å². The molecular weight excluding hydrogens is 162 g/mol. The Labute approximate surface area is 80.1 Å². The Hall–Kier alpha value is -1.18. The van der Waals surface area contributed by atoms with E-state index in [1.807, 2.05) is 6.92 Å². The van der Waals surface area contributed by atoms with E-state index in [1.54, 1.807) is 12.3 Å². The third-order valence-electron chi connectivity index (χ3n) is 1.73. The summed E-state index contributed by atoms with van der Waals surface area (Å²) in [6.07, 6.45) is 5.42. The summed E-state index contributed by atoms with van der Waals surface area (Å²) in [5.41, 5.74) is 2.18. The zero-order valence-electron chi connectivity index (χ0n) is 8.63. The number of hydrogen-bond acceptors (Lipinski definition) is 1. The van der Waals surface area contributed by atoms with E-state index in [-0.39, 0.29) is 5.91 Å². The van der Waals surface area contributed by atoms with Crippen molar-refractivity contribution in [2.24, 2.45) is 4.99 Å². The van der Waals surface area contributed by atoms with Crippen molar-refractivity contribution in [1.29, 1.82) is 0 Å². The van der Waals surface area contributed by atoms with E-state index in [2.05, 4.69) is 18.5 Å². The molecule has 0 aliphatic carbocycles. The maximum absolute atomic E-state index is 10.6. The minimum atomic E-state index is -0.162. The lowest BCUT2D eigenvalue weighted by Crippen LogP contribution is -1.92. The van der Waals surface area contributed by atoms with Crippen molar-refractivity contribution < 1.29 is 4.79 Å². The van der Waals surface area contributed by atoms with Crippen molar-refractivity contribution in [3.63, 3.8) is 0 Å². The molecule has 0 heterocycles. The lowest BCUT2D eigenvalue weighted by atomic mass is 10.1. The van der Waals surface area contributed by atoms with Crippen LogP contribution in [0.1, 0.15) is 33.6 Å². The van der Waals surface area contributed by atoms with Crippen LogP contribution in [0.5, 0.6) is 0 Å². The van der Waals surface area contributed by atoms with Gasteiger partial charge in [0.1, 0.15) is 0 Å². The first-order valence-electron chi connectivity index (χ1n) is 4.48. The number of carbonyl (C=O) groups is 1. The predicted molar refractivity (Wildman–Crippen MR) is 57.0 cm³/mol. The summed E-state index contributed by atoms with van der Waals surface area (Å²) < 4.78 is 0. The number of nitrogens with zero attached hydrogens (tertiary/aromatic N) is 1. The van der Waals surface area contributed by atoms with Gasteiger partial charge in [-0.1, -0.05) is 26.0 Å². The monoisotopic (exact) mass is 179 g/mol. The molecular formula is C11H17NO. The van der Waals surface area contributed by atoms with E-state index in [0.29, 0.717) is 0 Å². The molecule has 0 aliphatic heterocycles. The number of rotatable bonds is 4. The Bertz CT molecular complexity index is 249. The van der Waals surface area contributed by atoms with Crippen LogP contribution in [0, 0.1) is 0 Å². The predicted octanol–water partition coefficient (Wildman–Crippen LogP) is 2.91. The van der Waals surface area contributed by atoms with Crippen LogP contribution in [0.4, 0.5) is 0 Å². The zero-order chi connectivity index (χ0) is 10.3. The van der Waals surface area contributed by atoms with Crippen molar-refractivity contribution in [2.45, 2.75) is 33.6 Å². The molecule has 0 aromatic heterocycles. The van der Waals surface area contributed by atoms with Crippen molar-refractivity contribution in [1.82, 2.24) is 0 Å². The van der Waals surface area contributed by atoms with Crippen molar-refractivity contribution in [3.8, 4) is 0 Å². The summed E-state index contributed by atoms with van der Waals surface area (Å²) in [4.78, 5) is 14.4. The van der Waals surface area contributed by atoms with Crippen LogP contribution >= 0.6 is 0 Å². The van der Waals surface area contributed by atoms with Crippen LogP contribution < -0.4 is 0 Å². The molecule has 0 unspecified atom stereocenters. The van der Waals surface area contributed by atoms with Gasteiger partial charge in [0.25, 0.3) is 0 Å². The van der Waals surface area contributed by atoms with Crippen LogP contribution in [-0.4, -0.2) is 12.1 Å². The number of aliphatic imine (C=N–C) groups is 1. The third-order valence-corrected chi connectivity index (χ3v) is 1.73. The van der Waals surface area contributed by atoms with Crippen LogP contribution in [0.25, 0.3) is 0 Å². The van der Waals surface area contributed by atoms with Gasteiger partial charge in [-0.15, -0.1) is 0 Å². The molecule has 2 nitrogen and oxygen atoms in total. The van der Waals surface area contributed by atoms with Crippen molar-refractivity contribution >= 4 is 12.1 Å². The average molecular weight is 179 g/mol. The van der Waals surface area contributed by atoms with Gasteiger partial charge in [-0.25, -0.2) is 4.99 Å². The number of carbonyl (C=O) groups excluding carboxylic acids is 1.